The number of ether oxygens (including phenoxy) is 2. The van der Waals surface area contributed by atoms with Crippen LogP contribution in [0.25, 0.3) is 0 Å². The minimum atomic E-state index is -0.169. The maximum Gasteiger partial charge on any atom is 0.311 e. The van der Waals surface area contributed by atoms with Crippen LogP contribution in [0.1, 0.15) is 102 Å². The van der Waals surface area contributed by atoms with Crippen LogP contribution in [-0.4, -0.2) is 12.6 Å². The molecule has 0 bridgehead atoms. The van der Waals surface area contributed by atoms with Crippen LogP contribution in [0.2, 0.25) is 0 Å². The van der Waals surface area contributed by atoms with E-state index in [0.717, 1.165) is 19.3 Å². The quantitative estimate of drug-likeness (QED) is 0.121. The molecule has 3 heteroatoms. The number of rotatable bonds is 19. The minimum Gasteiger partial charge on any atom is -0.489 e. The molecule has 2 aromatic rings. The van der Waals surface area contributed by atoms with E-state index >= 15 is 0 Å². The van der Waals surface area contributed by atoms with Crippen LogP contribution in [0.4, 0.5) is 0 Å². The molecule has 0 aliphatic carbocycles. The first-order valence-electron chi connectivity index (χ1n) is 13.3. The van der Waals surface area contributed by atoms with Crippen LogP contribution < -0.4 is 9.47 Å². The second-order valence-electron chi connectivity index (χ2n) is 9.00. The van der Waals surface area contributed by atoms with Crippen molar-refractivity contribution in [3.63, 3.8) is 0 Å². The van der Waals surface area contributed by atoms with E-state index in [-0.39, 0.29) is 5.97 Å². The number of unbranched alkanes of at least 4 members (excludes halogenated alkanes) is 12. The highest BCUT2D eigenvalue weighted by Gasteiger charge is 2.10. The first kappa shape index (κ1) is 27.0. The fraction of sp³-hybridized carbons (Fsp3) is 0.567. The zero-order valence-electron chi connectivity index (χ0n) is 20.7. The monoisotopic (exact) mass is 452 g/mol. The lowest BCUT2D eigenvalue weighted by molar-refractivity contribution is -0.134. The number of carbonyl (C=O) groups excluding carboxylic acids is 1. The van der Waals surface area contributed by atoms with E-state index in [1.165, 1.54) is 76.2 Å². The highest BCUT2D eigenvalue weighted by molar-refractivity contribution is 5.73. The summed E-state index contributed by atoms with van der Waals surface area (Å²) >= 11 is 0. The van der Waals surface area contributed by atoms with E-state index in [0.29, 0.717) is 24.5 Å². The van der Waals surface area contributed by atoms with Gasteiger partial charge in [-0.3, -0.25) is 4.79 Å². The normalized spacial score (nSPS) is 10.8. The summed E-state index contributed by atoms with van der Waals surface area (Å²) in [6.07, 6.45) is 18.2. The van der Waals surface area contributed by atoms with Crippen molar-refractivity contribution in [1.82, 2.24) is 0 Å². The van der Waals surface area contributed by atoms with Gasteiger partial charge in [-0.05, 0) is 24.1 Å². The molecule has 0 saturated carbocycles. The molecular weight excluding hydrogens is 408 g/mol. The SMILES string of the molecule is CCCCCCCCCCCCCCCC(=O)Oc1ccccc1OCCc1ccccc1. The van der Waals surface area contributed by atoms with Crippen LogP contribution in [0.5, 0.6) is 11.5 Å². The molecule has 0 unspecified atom stereocenters. The summed E-state index contributed by atoms with van der Waals surface area (Å²) in [5.74, 6) is 0.981. The molecule has 0 saturated heterocycles. The Morgan fingerprint density at radius 3 is 1.76 bits per heavy atom. The largest absolute Gasteiger partial charge is 0.489 e. The maximum atomic E-state index is 12.3. The molecule has 0 N–H and O–H groups in total. The summed E-state index contributed by atoms with van der Waals surface area (Å²) in [4.78, 5) is 12.3. The predicted octanol–water partition coefficient (Wildman–Crippen LogP) is 8.69. The Morgan fingerprint density at radius 2 is 1.15 bits per heavy atom. The van der Waals surface area contributed by atoms with E-state index in [4.69, 9.17) is 9.47 Å². The average molecular weight is 453 g/mol. The first-order valence-corrected chi connectivity index (χ1v) is 13.3. The Balaban J connectivity index is 1.51. The smallest absolute Gasteiger partial charge is 0.311 e. The second-order valence-corrected chi connectivity index (χ2v) is 9.00. The minimum absolute atomic E-state index is 0.169. The third-order valence-electron chi connectivity index (χ3n) is 6.05. The van der Waals surface area contributed by atoms with Crippen molar-refractivity contribution in [3.05, 3.63) is 60.2 Å². The Hall–Kier alpha value is -2.29. The van der Waals surface area contributed by atoms with Crippen LogP contribution >= 0.6 is 0 Å². The number of carbonyl (C=O) groups is 1. The molecule has 0 aliphatic heterocycles. The van der Waals surface area contributed by atoms with Gasteiger partial charge < -0.3 is 9.47 Å². The molecule has 3 nitrogen and oxygen atoms in total. The molecule has 2 rings (SSSR count). The lowest BCUT2D eigenvalue weighted by Gasteiger charge is -2.11. The molecule has 0 fully saturated rings. The van der Waals surface area contributed by atoms with E-state index in [2.05, 4.69) is 19.1 Å². The molecular formula is C30H44O3. The zero-order chi connectivity index (χ0) is 23.4. The lowest BCUT2D eigenvalue weighted by atomic mass is 10.0. The summed E-state index contributed by atoms with van der Waals surface area (Å²) in [5, 5.41) is 0. The van der Waals surface area contributed by atoms with Gasteiger partial charge in [-0.2, -0.15) is 0 Å². The summed E-state index contributed by atoms with van der Waals surface area (Å²) < 4.78 is 11.5. The lowest BCUT2D eigenvalue weighted by Crippen LogP contribution is -2.09. The Bertz CT molecular complexity index is 741. The third kappa shape index (κ3) is 13.1. The van der Waals surface area contributed by atoms with Crippen molar-refractivity contribution in [2.45, 2.75) is 103 Å². The van der Waals surface area contributed by atoms with Gasteiger partial charge in [0, 0.05) is 12.8 Å². The summed E-state index contributed by atoms with van der Waals surface area (Å²) in [7, 11) is 0. The van der Waals surface area contributed by atoms with E-state index in [9.17, 15) is 4.79 Å². The number of benzene rings is 2. The van der Waals surface area contributed by atoms with Gasteiger partial charge in [0.25, 0.3) is 0 Å². The molecule has 0 atom stereocenters. The molecule has 2 aromatic carbocycles. The molecule has 0 spiro atoms. The molecule has 0 aromatic heterocycles. The van der Waals surface area contributed by atoms with E-state index < -0.39 is 0 Å². The fourth-order valence-electron chi connectivity index (χ4n) is 4.04. The number of hydrogen-bond acceptors (Lipinski definition) is 3. The molecule has 33 heavy (non-hydrogen) atoms. The van der Waals surface area contributed by atoms with Gasteiger partial charge in [0.1, 0.15) is 0 Å². The van der Waals surface area contributed by atoms with Crippen LogP contribution in [0.15, 0.2) is 54.6 Å². The van der Waals surface area contributed by atoms with Crippen LogP contribution in [-0.2, 0) is 11.2 Å². The van der Waals surface area contributed by atoms with Crippen molar-refractivity contribution in [2.24, 2.45) is 0 Å². The Morgan fingerprint density at radius 1 is 0.636 bits per heavy atom. The molecule has 182 valence electrons. The highest BCUT2D eigenvalue weighted by Crippen LogP contribution is 2.27. The summed E-state index contributed by atoms with van der Waals surface area (Å²) in [5.41, 5.74) is 1.23. The second kappa shape index (κ2) is 18.2. The average Bonchev–Trinajstić information content (AvgIpc) is 2.84. The summed E-state index contributed by atoms with van der Waals surface area (Å²) in [6, 6.07) is 17.7. The van der Waals surface area contributed by atoms with Crippen LogP contribution in [0.3, 0.4) is 0 Å². The summed E-state index contributed by atoms with van der Waals surface area (Å²) in [6.45, 7) is 2.82. The molecule has 0 radical (unpaired) electrons. The van der Waals surface area contributed by atoms with Gasteiger partial charge in [0.05, 0.1) is 6.61 Å². The number of hydrogen-bond donors (Lipinski definition) is 0. The Kier molecular flexibility index (Phi) is 14.8. The number of para-hydroxylation sites is 2. The number of esters is 1. The topological polar surface area (TPSA) is 35.5 Å². The third-order valence-corrected chi connectivity index (χ3v) is 6.05. The van der Waals surface area contributed by atoms with Crippen molar-refractivity contribution >= 4 is 5.97 Å². The first-order chi connectivity index (χ1) is 16.3. The van der Waals surface area contributed by atoms with Crippen molar-refractivity contribution in [3.8, 4) is 11.5 Å². The standard InChI is InChI=1S/C30H44O3/c1-2-3-4-5-6-7-8-9-10-11-12-13-17-24-30(31)33-29-23-19-18-22-28(29)32-26-25-27-20-15-14-16-21-27/h14-16,18-23H,2-13,17,24-26H2,1H3. The van der Waals surface area contributed by atoms with Gasteiger partial charge in [-0.25, -0.2) is 0 Å². The van der Waals surface area contributed by atoms with Crippen molar-refractivity contribution in [1.29, 1.82) is 0 Å². The van der Waals surface area contributed by atoms with Gasteiger partial charge in [0.15, 0.2) is 11.5 Å². The molecule has 0 aliphatic rings. The van der Waals surface area contributed by atoms with Gasteiger partial charge >= 0.3 is 5.97 Å². The van der Waals surface area contributed by atoms with E-state index in [1.807, 2.05) is 36.4 Å². The van der Waals surface area contributed by atoms with E-state index in [1.54, 1.807) is 6.07 Å². The van der Waals surface area contributed by atoms with Gasteiger partial charge in [-0.15, -0.1) is 0 Å². The zero-order valence-corrected chi connectivity index (χ0v) is 20.7. The maximum absolute atomic E-state index is 12.3. The van der Waals surface area contributed by atoms with Gasteiger partial charge in [0.2, 0.25) is 0 Å². The highest BCUT2D eigenvalue weighted by atomic mass is 16.6. The molecule has 0 amide bonds. The molecule has 0 heterocycles. The fourth-order valence-corrected chi connectivity index (χ4v) is 4.04. The van der Waals surface area contributed by atoms with Gasteiger partial charge in [-0.1, -0.05) is 126 Å². The Labute approximate surface area is 201 Å². The predicted molar refractivity (Wildman–Crippen MR) is 138 cm³/mol. The van der Waals surface area contributed by atoms with Crippen molar-refractivity contribution in [2.75, 3.05) is 6.61 Å². The van der Waals surface area contributed by atoms with Crippen molar-refractivity contribution < 1.29 is 14.3 Å². The van der Waals surface area contributed by atoms with Crippen LogP contribution in [0, 0.1) is 0 Å².